The summed E-state index contributed by atoms with van der Waals surface area (Å²) in [7, 11) is 0. The second-order valence-electron chi connectivity index (χ2n) is 9.32. The highest BCUT2D eigenvalue weighted by Crippen LogP contribution is 2.29. The molecule has 3 N–H and O–H groups in total. The number of aliphatic hydroxyl groups excluding tert-OH is 3. The van der Waals surface area contributed by atoms with Crippen LogP contribution < -0.4 is 0 Å². The fraction of sp³-hybridized carbons (Fsp3) is 0.957. The molecule has 190 valence electrons. The van der Waals surface area contributed by atoms with Crippen molar-refractivity contribution in [2.75, 3.05) is 59.5 Å². The van der Waals surface area contributed by atoms with Gasteiger partial charge in [0, 0.05) is 17.3 Å². The highest BCUT2D eigenvalue weighted by atomic mass is 16.6. The Morgan fingerprint density at radius 3 is 1.59 bits per heavy atom. The van der Waals surface area contributed by atoms with Gasteiger partial charge in [0.05, 0.1) is 71.7 Å². The van der Waals surface area contributed by atoms with Gasteiger partial charge in [0.15, 0.2) is 5.60 Å². The minimum atomic E-state index is -0.602. The Labute approximate surface area is 192 Å². The predicted octanol–water partition coefficient (Wildman–Crippen LogP) is 1.16. The van der Waals surface area contributed by atoms with Crippen molar-refractivity contribution in [1.29, 1.82) is 0 Å². The quantitative estimate of drug-likeness (QED) is 0.406. The molecule has 0 aromatic rings. The molecule has 9 nitrogen and oxygen atoms in total. The summed E-state index contributed by atoms with van der Waals surface area (Å²) in [6, 6.07) is 0. The van der Waals surface area contributed by atoms with Gasteiger partial charge in [0.2, 0.25) is 0 Å². The third-order valence-electron chi connectivity index (χ3n) is 6.00. The van der Waals surface area contributed by atoms with Crippen molar-refractivity contribution in [3.63, 3.8) is 0 Å². The Kier molecular flexibility index (Phi) is 13.2. The van der Waals surface area contributed by atoms with Gasteiger partial charge < -0.3 is 39.0 Å². The molecule has 4 saturated heterocycles. The van der Waals surface area contributed by atoms with Crippen LogP contribution in [0.2, 0.25) is 0 Å². The standard InChI is InChI=1S/C7H12O3.C6H12O2.2C5H10O2/c1-3-4-9-6(8)7(2)5-10-7;1-2-6(3-7)4-8-5-6;2*1-4-2-7-3-5(4)6/h3-5H2,1-2H3;7H,2-5H2,1H3;2*4-6H,2-3H2,1H3/t;;4-,5+;4-,5-/m..10/s1. The molecule has 0 spiro atoms. The molecule has 4 aliphatic heterocycles. The van der Waals surface area contributed by atoms with Crippen LogP contribution in [0, 0.1) is 17.3 Å². The lowest BCUT2D eigenvalue weighted by Gasteiger charge is -2.38. The SMILES string of the molecule is CCC1(CO)COC1.CCCOC(=O)C1(C)CO1.C[C@@H]1COC[C@@H]1O.C[C@H]1COC[C@@H]1O. The molecule has 0 radical (unpaired) electrons. The number of ether oxygens (including phenoxy) is 5. The van der Waals surface area contributed by atoms with E-state index in [1.165, 1.54) is 0 Å². The van der Waals surface area contributed by atoms with Gasteiger partial charge in [-0.3, -0.25) is 0 Å². The minimum absolute atomic E-state index is 0.139. The maximum atomic E-state index is 10.9. The molecule has 9 heteroatoms. The van der Waals surface area contributed by atoms with Crippen LogP contribution in [0.25, 0.3) is 0 Å². The lowest BCUT2D eigenvalue weighted by molar-refractivity contribution is -0.149. The number of carbonyl (C=O) groups is 1. The zero-order valence-electron chi connectivity index (χ0n) is 20.4. The number of rotatable bonds is 5. The first kappa shape index (κ1) is 29.2. The van der Waals surface area contributed by atoms with Crippen LogP contribution in [0.3, 0.4) is 0 Å². The molecule has 1 unspecified atom stereocenters. The van der Waals surface area contributed by atoms with E-state index in [1.54, 1.807) is 6.92 Å². The second kappa shape index (κ2) is 14.5. The number of hydrogen-bond donors (Lipinski definition) is 3. The molecule has 5 atom stereocenters. The fourth-order valence-electron chi connectivity index (χ4n) is 2.67. The van der Waals surface area contributed by atoms with Crippen molar-refractivity contribution in [3.05, 3.63) is 0 Å². The molecule has 0 amide bonds. The van der Waals surface area contributed by atoms with E-state index in [9.17, 15) is 4.79 Å². The number of esters is 1. The monoisotopic (exact) mass is 464 g/mol. The highest BCUT2D eigenvalue weighted by molar-refractivity contribution is 5.81. The number of epoxide rings is 1. The molecular weight excluding hydrogens is 420 g/mol. The summed E-state index contributed by atoms with van der Waals surface area (Å²) in [5, 5.41) is 26.5. The van der Waals surface area contributed by atoms with E-state index in [4.69, 9.17) is 39.0 Å². The molecule has 0 aromatic carbocycles. The molecule has 4 fully saturated rings. The van der Waals surface area contributed by atoms with E-state index in [2.05, 4.69) is 6.92 Å². The smallest absolute Gasteiger partial charge is 0.340 e. The Morgan fingerprint density at radius 2 is 1.44 bits per heavy atom. The summed E-state index contributed by atoms with van der Waals surface area (Å²) in [5.74, 6) is 0.467. The van der Waals surface area contributed by atoms with Gasteiger partial charge in [0.25, 0.3) is 0 Å². The van der Waals surface area contributed by atoms with Gasteiger partial charge in [-0.05, 0) is 19.8 Å². The van der Waals surface area contributed by atoms with Crippen molar-refractivity contribution in [3.8, 4) is 0 Å². The lowest BCUT2D eigenvalue weighted by atomic mass is 9.84. The summed E-state index contributed by atoms with van der Waals surface area (Å²) < 4.78 is 24.5. The van der Waals surface area contributed by atoms with Gasteiger partial charge in [-0.15, -0.1) is 0 Å². The number of hydrogen-bond acceptors (Lipinski definition) is 9. The first-order valence-electron chi connectivity index (χ1n) is 11.6. The Balaban J connectivity index is 0.000000216. The van der Waals surface area contributed by atoms with E-state index in [-0.39, 0.29) is 30.2 Å². The van der Waals surface area contributed by atoms with Crippen molar-refractivity contribution >= 4 is 5.97 Å². The Morgan fingerprint density at radius 1 is 0.938 bits per heavy atom. The van der Waals surface area contributed by atoms with E-state index < -0.39 is 5.60 Å². The van der Waals surface area contributed by atoms with Crippen LogP contribution >= 0.6 is 0 Å². The summed E-state index contributed by atoms with van der Waals surface area (Å²) in [5.41, 5.74) is -0.463. The summed E-state index contributed by atoms with van der Waals surface area (Å²) in [6.07, 6.45) is 1.48. The predicted molar refractivity (Wildman–Crippen MR) is 118 cm³/mol. The molecule has 32 heavy (non-hydrogen) atoms. The minimum Gasteiger partial charge on any atom is -0.464 e. The Hall–Kier alpha value is -0.810. The summed E-state index contributed by atoms with van der Waals surface area (Å²) in [6.45, 7) is 15.0. The third kappa shape index (κ3) is 9.99. The second-order valence-corrected chi connectivity index (χ2v) is 9.32. The zero-order chi connectivity index (χ0) is 24.2. The molecule has 0 saturated carbocycles. The van der Waals surface area contributed by atoms with Gasteiger partial charge in [-0.25, -0.2) is 4.79 Å². The van der Waals surface area contributed by atoms with Gasteiger partial charge in [0.1, 0.15) is 0 Å². The fourth-order valence-corrected chi connectivity index (χ4v) is 2.67. The third-order valence-corrected chi connectivity index (χ3v) is 6.00. The molecule has 0 bridgehead atoms. The molecular formula is C23H44O9. The summed E-state index contributed by atoms with van der Waals surface area (Å²) in [4.78, 5) is 10.9. The average molecular weight is 465 g/mol. The van der Waals surface area contributed by atoms with Crippen LogP contribution in [-0.2, 0) is 28.5 Å². The van der Waals surface area contributed by atoms with Crippen molar-refractivity contribution in [2.45, 2.75) is 65.3 Å². The van der Waals surface area contributed by atoms with Crippen molar-refractivity contribution in [2.24, 2.45) is 17.3 Å². The maximum absolute atomic E-state index is 10.9. The topological polar surface area (TPSA) is 127 Å². The van der Waals surface area contributed by atoms with Crippen LogP contribution in [-0.4, -0.2) is 98.6 Å². The summed E-state index contributed by atoms with van der Waals surface area (Å²) >= 11 is 0. The largest absolute Gasteiger partial charge is 0.464 e. The van der Waals surface area contributed by atoms with Crippen LogP contribution in [0.15, 0.2) is 0 Å². The van der Waals surface area contributed by atoms with Crippen LogP contribution in [0.5, 0.6) is 0 Å². The Bertz CT molecular complexity index is 472. The van der Waals surface area contributed by atoms with Crippen molar-refractivity contribution in [1.82, 2.24) is 0 Å². The van der Waals surface area contributed by atoms with Gasteiger partial charge in [-0.2, -0.15) is 0 Å². The van der Waals surface area contributed by atoms with Crippen molar-refractivity contribution < 1.29 is 43.8 Å². The highest BCUT2D eigenvalue weighted by Gasteiger charge is 2.48. The van der Waals surface area contributed by atoms with Crippen LogP contribution in [0.1, 0.15) is 47.5 Å². The van der Waals surface area contributed by atoms with Gasteiger partial charge >= 0.3 is 5.97 Å². The normalized spacial score (nSPS) is 33.9. The number of carbonyl (C=O) groups excluding carboxylic acids is 1. The molecule has 4 aliphatic rings. The molecule has 4 heterocycles. The number of aliphatic hydroxyl groups is 3. The average Bonchev–Trinajstić information content (AvgIpc) is 3.24. The molecule has 0 aromatic heterocycles. The van der Waals surface area contributed by atoms with Crippen LogP contribution in [0.4, 0.5) is 0 Å². The first-order chi connectivity index (χ1) is 15.1. The van der Waals surface area contributed by atoms with E-state index >= 15 is 0 Å². The zero-order valence-corrected chi connectivity index (χ0v) is 20.4. The molecule has 0 aliphatic carbocycles. The van der Waals surface area contributed by atoms with E-state index in [0.717, 1.165) is 39.3 Å². The van der Waals surface area contributed by atoms with E-state index in [0.29, 0.717) is 38.3 Å². The van der Waals surface area contributed by atoms with E-state index in [1.807, 2.05) is 20.8 Å². The maximum Gasteiger partial charge on any atom is 0.340 e. The molecule has 4 rings (SSSR count). The lowest BCUT2D eigenvalue weighted by Crippen LogP contribution is -2.44. The first-order valence-corrected chi connectivity index (χ1v) is 11.6. The van der Waals surface area contributed by atoms with Gasteiger partial charge in [-0.1, -0.05) is 27.7 Å².